The fourth-order valence-electron chi connectivity index (χ4n) is 3.59. The van der Waals surface area contributed by atoms with Gasteiger partial charge in [0.2, 0.25) is 5.78 Å². The Balaban J connectivity index is 1.38. The number of hydrogen-bond donors (Lipinski definition) is 0. The van der Waals surface area contributed by atoms with E-state index in [-0.39, 0.29) is 18.0 Å². The van der Waals surface area contributed by atoms with Gasteiger partial charge in [-0.15, -0.1) is 0 Å². The summed E-state index contributed by atoms with van der Waals surface area (Å²) in [6, 6.07) is 29.4. The SMILES string of the molecule is O=C(C#Cc1ccccc1)C1CC(OCc2ccccc2)C(COCc2ccccc2)O1. The highest BCUT2D eigenvalue weighted by molar-refractivity contribution is 5.99. The molecule has 4 heteroatoms. The van der Waals surface area contributed by atoms with Gasteiger partial charge in [0.1, 0.15) is 12.2 Å². The van der Waals surface area contributed by atoms with Crippen LogP contribution in [0.5, 0.6) is 0 Å². The van der Waals surface area contributed by atoms with Crippen LogP contribution in [0.3, 0.4) is 0 Å². The second kappa shape index (κ2) is 11.4. The van der Waals surface area contributed by atoms with E-state index in [0.29, 0.717) is 26.2 Å². The van der Waals surface area contributed by atoms with Gasteiger partial charge >= 0.3 is 0 Å². The second-order valence-corrected chi connectivity index (χ2v) is 7.71. The van der Waals surface area contributed by atoms with Crippen molar-refractivity contribution in [2.24, 2.45) is 0 Å². The van der Waals surface area contributed by atoms with Crippen molar-refractivity contribution in [2.45, 2.75) is 37.9 Å². The van der Waals surface area contributed by atoms with Crippen molar-refractivity contribution in [1.82, 2.24) is 0 Å². The normalized spacial score (nSPS) is 19.8. The van der Waals surface area contributed by atoms with E-state index < -0.39 is 6.10 Å². The molecule has 0 amide bonds. The molecule has 0 radical (unpaired) electrons. The van der Waals surface area contributed by atoms with Crippen LogP contribution in [-0.4, -0.2) is 30.7 Å². The molecule has 0 aliphatic carbocycles. The van der Waals surface area contributed by atoms with E-state index in [1.54, 1.807) is 0 Å². The summed E-state index contributed by atoms with van der Waals surface area (Å²) in [7, 11) is 0. The number of benzene rings is 3. The molecule has 1 fully saturated rings. The molecule has 0 spiro atoms. The van der Waals surface area contributed by atoms with Gasteiger partial charge < -0.3 is 14.2 Å². The van der Waals surface area contributed by atoms with Crippen LogP contribution >= 0.6 is 0 Å². The van der Waals surface area contributed by atoms with E-state index in [4.69, 9.17) is 14.2 Å². The summed E-state index contributed by atoms with van der Waals surface area (Å²) < 4.78 is 18.1. The number of rotatable bonds is 8. The Morgan fingerprint density at radius 1 is 0.844 bits per heavy atom. The van der Waals surface area contributed by atoms with Gasteiger partial charge in [-0.25, -0.2) is 0 Å². The maximum absolute atomic E-state index is 12.7. The molecule has 4 nitrogen and oxygen atoms in total. The molecule has 1 aliphatic heterocycles. The van der Waals surface area contributed by atoms with E-state index in [0.717, 1.165) is 16.7 Å². The van der Waals surface area contributed by atoms with Crippen LogP contribution < -0.4 is 0 Å². The third kappa shape index (κ3) is 6.38. The van der Waals surface area contributed by atoms with E-state index in [2.05, 4.69) is 11.8 Å². The maximum atomic E-state index is 12.7. The third-order valence-corrected chi connectivity index (χ3v) is 5.30. The molecule has 162 valence electrons. The van der Waals surface area contributed by atoms with Gasteiger partial charge in [0.25, 0.3) is 0 Å². The molecular weight excluding hydrogens is 400 g/mol. The first-order chi connectivity index (χ1) is 15.8. The molecule has 3 unspecified atom stereocenters. The van der Waals surface area contributed by atoms with Crippen molar-refractivity contribution in [3.8, 4) is 11.8 Å². The average molecular weight is 427 g/mol. The van der Waals surface area contributed by atoms with Crippen LogP contribution in [0.2, 0.25) is 0 Å². The summed E-state index contributed by atoms with van der Waals surface area (Å²) in [5, 5.41) is 0. The van der Waals surface area contributed by atoms with Gasteiger partial charge in [-0.05, 0) is 29.2 Å². The van der Waals surface area contributed by atoms with Crippen molar-refractivity contribution >= 4 is 5.78 Å². The molecule has 3 atom stereocenters. The first-order valence-corrected chi connectivity index (χ1v) is 10.8. The van der Waals surface area contributed by atoms with E-state index in [1.165, 1.54) is 0 Å². The number of ether oxygens (including phenoxy) is 3. The van der Waals surface area contributed by atoms with Crippen LogP contribution in [0.1, 0.15) is 23.1 Å². The molecule has 1 heterocycles. The summed E-state index contributed by atoms with van der Waals surface area (Å²) in [4.78, 5) is 12.7. The van der Waals surface area contributed by atoms with Crippen LogP contribution in [0, 0.1) is 11.8 Å². The Bertz CT molecular complexity index is 1040. The third-order valence-electron chi connectivity index (χ3n) is 5.30. The maximum Gasteiger partial charge on any atom is 0.234 e. The van der Waals surface area contributed by atoms with Crippen molar-refractivity contribution in [3.63, 3.8) is 0 Å². The fourth-order valence-corrected chi connectivity index (χ4v) is 3.59. The van der Waals surface area contributed by atoms with Gasteiger partial charge in [-0.2, -0.15) is 0 Å². The van der Waals surface area contributed by atoms with Crippen LogP contribution in [0.15, 0.2) is 91.0 Å². The lowest BCUT2D eigenvalue weighted by Crippen LogP contribution is -2.29. The number of carbonyl (C=O) groups excluding carboxylic acids is 1. The van der Waals surface area contributed by atoms with Gasteiger partial charge in [-0.3, -0.25) is 4.79 Å². The van der Waals surface area contributed by atoms with E-state index >= 15 is 0 Å². The molecule has 3 aromatic rings. The second-order valence-electron chi connectivity index (χ2n) is 7.71. The highest BCUT2D eigenvalue weighted by Crippen LogP contribution is 2.26. The number of Topliss-reactive ketones (excluding diaryl/α,β-unsaturated/α-hetero) is 1. The zero-order chi connectivity index (χ0) is 22.0. The average Bonchev–Trinajstić information content (AvgIpc) is 3.26. The quantitative estimate of drug-likeness (QED) is 0.495. The fraction of sp³-hybridized carbons (Fsp3) is 0.250. The topological polar surface area (TPSA) is 44.8 Å². The first-order valence-electron chi connectivity index (χ1n) is 10.8. The van der Waals surface area contributed by atoms with Crippen LogP contribution in [-0.2, 0) is 32.2 Å². The Morgan fingerprint density at radius 2 is 1.44 bits per heavy atom. The summed E-state index contributed by atoms with van der Waals surface area (Å²) in [5.74, 6) is 5.42. The Morgan fingerprint density at radius 3 is 2.09 bits per heavy atom. The Labute approximate surface area is 189 Å². The lowest BCUT2D eigenvalue weighted by molar-refractivity contribution is -0.126. The number of hydrogen-bond acceptors (Lipinski definition) is 4. The highest BCUT2D eigenvalue weighted by atomic mass is 16.6. The molecule has 3 aromatic carbocycles. The van der Waals surface area contributed by atoms with E-state index in [9.17, 15) is 4.79 Å². The highest BCUT2D eigenvalue weighted by Gasteiger charge is 2.39. The van der Waals surface area contributed by atoms with Crippen molar-refractivity contribution in [2.75, 3.05) is 6.61 Å². The monoisotopic (exact) mass is 426 g/mol. The Hall–Kier alpha value is -3.23. The van der Waals surface area contributed by atoms with E-state index in [1.807, 2.05) is 91.0 Å². The molecule has 0 bridgehead atoms. The van der Waals surface area contributed by atoms with Gasteiger partial charge in [-0.1, -0.05) is 84.8 Å². The lowest BCUT2D eigenvalue weighted by Gasteiger charge is -2.19. The zero-order valence-corrected chi connectivity index (χ0v) is 17.9. The van der Waals surface area contributed by atoms with Crippen LogP contribution in [0.25, 0.3) is 0 Å². The van der Waals surface area contributed by atoms with Gasteiger partial charge in [0.15, 0.2) is 0 Å². The molecular formula is C28H26O4. The first kappa shape index (κ1) is 22.0. The summed E-state index contributed by atoms with van der Waals surface area (Å²) in [6.07, 6.45) is -0.709. The van der Waals surface area contributed by atoms with Crippen molar-refractivity contribution in [3.05, 3.63) is 108 Å². The molecule has 0 saturated carbocycles. The summed E-state index contributed by atoms with van der Waals surface area (Å²) in [5.41, 5.74) is 2.97. The molecule has 1 aliphatic rings. The summed E-state index contributed by atoms with van der Waals surface area (Å²) in [6.45, 7) is 1.30. The molecule has 0 aromatic heterocycles. The largest absolute Gasteiger partial charge is 0.374 e. The minimum Gasteiger partial charge on any atom is -0.374 e. The summed E-state index contributed by atoms with van der Waals surface area (Å²) >= 11 is 0. The van der Waals surface area contributed by atoms with Crippen molar-refractivity contribution in [1.29, 1.82) is 0 Å². The standard InChI is InChI=1S/C28H26O4/c29-25(17-16-22-10-4-1-5-11-22)26-18-27(31-20-24-14-8-3-9-15-24)28(32-26)21-30-19-23-12-6-2-7-13-23/h1-15,26-28H,18-21H2. The lowest BCUT2D eigenvalue weighted by atomic mass is 10.1. The molecule has 4 rings (SSSR count). The number of ketones is 1. The zero-order valence-electron chi connectivity index (χ0n) is 17.9. The van der Waals surface area contributed by atoms with Crippen LogP contribution in [0.4, 0.5) is 0 Å². The van der Waals surface area contributed by atoms with Gasteiger partial charge in [0.05, 0.1) is 25.9 Å². The molecule has 1 saturated heterocycles. The predicted molar refractivity (Wildman–Crippen MR) is 123 cm³/mol. The van der Waals surface area contributed by atoms with Crippen molar-refractivity contribution < 1.29 is 19.0 Å². The van der Waals surface area contributed by atoms with Gasteiger partial charge in [0, 0.05) is 12.0 Å². The minimum absolute atomic E-state index is 0.229. The Kier molecular flexibility index (Phi) is 7.84. The smallest absolute Gasteiger partial charge is 0.234 e. The molecule has 0 N–H and O–H groups in total. The number of carbonyl (C=O) groups is 1. The molecule has 32 heavy (non-hydrogen) atoms. The predicted octanol–water partition coefficient (Wildman–Crippen LogP) is 4.57. The minimum atomic E-state index is -0.614.